The fraction of sp³-hybridized carbons (Fsp3) is 0.455. The molecule has 2 aromatic rings. The number of amides is 2. The number of likely N-dealkylation sites (tertiary alicyclic amines) is 1. The van der Waals surface area contributed by atoms with Gasteiger partial charge < -0.3 is 19.4 Å². The maximum Gasteiger partial charge on any atom is 0.409 e. The molecule has 0 bridgehead atoms. The molecule has 1 aliphatic heterocycles. The van der Waals surface area contributed by atoms with Gasteiger partial charge in [0.2, 0.25) is 15.9 Å². The summed E-state index contributed by atoms with van der Waals surface area (Å²) in [6.07, 6.45) is 2.18. The number of piperidine rings is 1. The first-order chi connectivity index (χ1) is 15.3. The molecule has 32 heavy (non-hydrogen) atoms. The van der Waals surface area contributed by atoms with Crippen molar-refractivity contribution in [3.8, 4) is 0 Å². The Morgan fingerprint density at radius 3 is 2.47 bits per heavy atom. The lowest BCUT2D eigenvalue weighted by Gasteiger charge is -2.31. The minimum Gasteiger partial charge on any atom is -0.468 e. The first-order valence-electron chi connectivity index (χ1n) is 10.6. The molecule has 1 aliphatic rings. The fourth-order valence-electron chi connectivity index (χ4n) is 3.56. The number of rotatable bonds is 8. The van der Waals surface area contributed by atoms with Crippen LogP contribution in [0.3, 0.4) is 0 Å². The number of nitrogens with one attached hydrogen (secondary N) is 2. The number of sulfonamides is 1. The number of nitrogens with zero attached hydrogens (tertiary/aromatic N) is 1. The van der Waals surface area contributed by atoms with Crippen molar-refractivity contribution in [3.05, 3.63) is 54.0 Å². The van der Waals surface area contributed by atoms with E-state index in [-0.39, 0.29) is 29.4 Å². The van der Waals surface area contributed by atoms with Crippen molar-refractivity contribution in [1.82, 2.24) is 14.9 Å². The van der Waals surface area contributed by atoms with Crippen molar-refractivity contribution in [1.29, 1.82) is 0 Å². The number of hydrogen-bond acceptors (Lipinski definition) is 6. The standard InChI is InChI=1S/C22H29N3O6S/c1-3-30-22(27)25-12-10-17(11-13-25)23-21(26)15-19(20-5-4-14-31-20)24-32(28,29)18-8-6-16(2)7-9-18/h4-9,14,17,19,24H,3,10-13,15H2,1-2H3,(H,23,26)/t19-/m0/s1. The maximum atomic E-state index is 12.8. The van der Waals surface area contributed by atoms with E-state index in [4.69, 9.17) is 9.15 Å². The average Bonchev–Trinajstić information content (AvgIpc) is 3.29. The van der Waals surface area contributed by atoms with Crippen molar-refractivity contribution < 1.29 is 27.2 Å². The topological polar surface area (TPSA) is 118 Å². The van der Waals surface area contributed by atoms with Gasteiger partial charge in [0.25, 0.3) is 0 Å². The lowest BCUT2D eigenvalue weighted by atomic mass is 10.0. The third-order valence-corrected chi connectivity index (χ3v) is 6.78. The quantitative estimate of drug-likeness (QED) is 0.622. The van der Waals surface area contributed by atoms with Crippen LogP contribution in [0.5, 0.6) is 0 Å². The lowest BCUT2D eigenvalue weighted by molar-refractivity contribution is -0.122. The normalized spacial score (nSPS) is 15.9. The van der Waals surface area contributed by atoms with Crippen LogP contribution in [0, 0.1) is 6.92 Å². The third kappa shape index (κ3) is 6.33. The smallest absolute Gasteiger partial charge is 0.409 e. The monoisotopic (exact) mass is 463 g/mol. The predicted molar refractivity (Wildman–Crippen MR) is 117 cm³/mol. The largest absolute Gasteiger partial charge is 0.468 e. The van der Waals surface area contributed by atoms with Crippen LogP contribution >= 0.6 is 0 Å². The summed E-state index contributed by atoms with van der Waals surface area (Å²) in [5.74, 6) is 0.0561. The molecule has 10 heteroatoms. The lowest BCUT2D eigenvalue weighted by Crippen LogP contribution is -2.47. The van der Waals surface area contributed by atoms with E-state index in [1.807, 2.05) is 6.92 Å². The molecule has 0 unspecified atom stereocenters. The maximum absolute atomic E-state index is 12.8. The van der Waals surface area contributed by atoms with E-state index in [2.05, 4.69) is 10.0 Å². The Balaban J connectivity index is 1.61. The summed E-state index contributed by atoms with van der Waals surface area (Å²) in [5, 5.41) is 2.94. The van der Waals surface area contributed by atoms with Crippen molar-refractivity contribution >= 4 is 22.0 Å². The Morgan fingerprint density at radius 2 is 1.88 bits per heavy atom. The molecule has 9 nitrogen and oxygen atoms in total. The highest BCUT2D eigenvalue weighted by molar-refractivity contribution is 7.89. The Morgan fingerprint density at radius 1 is 1.19 bits per heavy atom. The molecule has 2 N–H and O–H groups in total. The first kappa shape index (κ1) is 23.8. The van der Waals surface area contributed by atoms with Gasteiger partial charge in [-0.15, -0.1) is 0 Å². The van der Waals surface area contributed by atoms with Gasteiger partial charge in [0.15, 0.2) is 0 Å². The van der Waals surface area contributed by atoms with E-state index in [9.17, 15) is 18.0 Å². The average molecular weight is 464 g/mol. The van der Waals surface area contributed by atoms with E-state index in [1.165, 1.54) is 18.4 Å². The van der Waals surface area contributed by atoms with Crippen LogP contribution in [-0.2, 0) is 19.6 Å². The van der Waals surface area contributed by atoms with Crippen molar-refractivity contribution in [2.24, 2.45) is 0 Å². The van der Waals surface area contributed by atoms with Gasteiger partial charge in [0.1, 0.15) is 5.76 Å². The van der Waals surface area contributed by atoms with Gasteiger partial charge in [-0.25, -0.2) is 13.2 Å². The van der Waals surface area contributed by atoms with E-state index >= 15 is 0 Å². The first-order valence-corrected chi connectivity index (χ1v) is 12.1. The molecule has 2 heterocycles. The minimum absolute atomic E-state index is 0.0980. The van der Waals surface area contributed by atoms with Crippen LogP contribution in [0.1, 0.15) is 43.6 Å². The van der Waals surface area contributed by atoms with Crippen LogP contribution in [0.15, 0.2) is 52.0 Å². The van der Waals surface area contributed by atoms with Crippen LogP contribution in [0.4, 0.5) is 4.79 Å². The van der Waals surface area contributed by atoms with Gasteiger partial charge in [0.05, 0.1) is 30.2 Å². The molecule has 0 saturated carbocycles. The Kier molecular flexibility index (Phi) is 7.92. The summed E-state index contributed by atoms with van der Waals surface area (Å²) in [6.45, 7) is 4.93. The number of hydrogen-bond donors (Lipinski definition) is 2. The van der Waals surface area contributed by atoms with Crippen LogP contribution < -0.4 is 10.0 Å². The molecule has 0 aliphatic carbocycles. The summed E-state index contributed by atoms with van der Waals surface area (Å²) in [7, 11) is -3.85. The second kappa shape index (κ2) is 10.6. The van der Waals surface area contributed by atoms with E-state index in [0.717, 1.165) is 5.56 Å². The molecule has 0 spiro atoms. The number of carbonyl (C=O) groups is 2. The highest BCUT2D eigenvalue weighted by atomic mass is 32.2. The third-order valence-electron chi connectivity index (χ3n) is 5.29. The Labute approximate surface area is 188 Å². The zero-order valence-corrected chi connectivity index (χ0v) is 19.1. The second-order valence-corrected chi connectivity index (χ2v) is 9.45. The molecule has 1 aromatic carbocycles. The number of carbonyl (C=O) groups excluding carboxylic acids is 2. The highest BCUT2D eigenvalue weighted by Gasteiger charge is 2.28. The number of benzene rings is 1. The van der Waals surface area contributed by atoms with Crippen LogP contribution in [0.2, 0.25) is 0 Å². The van der Waals surface area contributed by atoms with Gasteiger partial charge in [-0.05, 0) is 51.0 Å². The van der Waals surface area contributed by atoms with E-state index < -0.39 is 16.1 Å². The van der Waals surface area contributed by atoms with Gasteiger partial charge >= 0.3 is 6.09 Å². The number of ether oxygens (including phenoxy) is 1. The Hall–Kier alpha value is -2.85. The number of furan rings is 1. The van der Waals surface area contributed by atoms with E-state index in [0.29, 0.717) is 38.3 Å². The Bertz CT molecular complexity index is 997. The minimum atomic E-state index is -3.85. The summed E-state index contributed by atoms with van der Waals surface area (Å²) >= 11 is 0. The summed E-state index contributed by atoms with van der Waals surface area (Å²) in [4.78, 5) is 26.3. The van der Waals surface area contributed by atoms with Crippen LogP contribution in [-0.4, -0.2) is 51.1 Å². The van der Waals surface area contributed by atoms with Crippen LogP contribution in [0.25, 0.3) is 0 Å². The SMILES string of the molecule is CCOC(=O)N1CCC(NC(=O)C[C@H](NS(=O)(=O)c2ccc(C)cc2)c2ccco2)CC1. The molecular weight excluding hydrogens is 434 g/mol. The van der Waals surface area contributed by atoms with Gasteiger partial charge in [0, 0.05) is 19.1 Å². The molecule has 1 fully saturated rings. The molecule has 0 radical (unpaired) electrons. The van der Waals surface area contributed by atoms with Crippen molar-refractivity contribution in [2.45, 2.75) is 50.1 Å². The zero-order valence-electron chi connectivity index (χ0n) is 18.2. The van der Waals surface area contributed by atoms with Crippen molar-refractivity contribution in [2.75, 3.05) is 19.7 Å². The summed E-state index contributed by atoms with van der Waals surface area (Å²) < 4.78 is 38.7. The molecule has 1 saturated heterocycles. The molecule has 3 rings (SSSR count). The molecular formula is C22H29N3O6S. The molecule has 1 aromatic heterocycles. The summed E-state index contributed by atoms with van der Waals surface area (Å²) in [5.41, 5.74) is 0.944. The van der Waals surface area contributed by atoms with Gasteiger partial charge in [-0.3, -0.25) is 4.79 Å². The number of aryl methyl sites for hydroxylation is 1. The van der Waals surface area contributed by atoms with Crippen molar-refractivity contribution in [3.63, 3.8) is 0 Å². The van der Waals surface area contributed by atoms with Gasteiger partial charge in [-0.1, -0.05) is 17.7 Å². The van der Waals surface area contributed by atoms with E-state index in [1.54, 1.807) is 36.1 Å². The molecule has 1 atom stereocenters. The predicted octanol–water partition coefficient (Wildman–Crippen LogP) is 2.73. The van der Waals surface area contributed by atoms with Gasteiger partial charge in [-0.2, -0.15) is 4.72 Å². The molecule has 2 amide bonds. The summed E-state index contributed by atoms with van der Waals surface area (Å²) in [6, 6.07) is 8.80. The fourth-order valence-corrected chi connectivity index (χ4v) is 4.76. The second-order valence-electron chi connectivity index (χ2n) is 7.73. The molecule has 174 valence electrons. The highest BCUT2D eigenvalue weighted by Crippen LogP contribution is 2.22. The zero-order chi connectivity index (χ0) is 23.1.